The van der Waals surface area contributed by atoms with E-state index in [1.807, 2.05) is 13.8 Å². The van der Waals surface area contributed by atoms with E-state index in [-0.39, 0.29) is 52.0 Å². The molecule has 9 nitrogen and oxygen atoms in total. The minimum Gasteiger partial charge on any atom is -0.449 e. The Labute approximate surface area is 207 Å². The standard InChI is InChI=1S/C22H24Cl2N4O5S/c1-13(2)20-21(34(30,31)33-17-10-15(23)9-16(24)11-17)28(12-14-5-3-4-6-18(14)25)19(27-20)7-8-32-22(26)29/h3-6,9-11,13H,7-8,12,25H2,1-2H3,(H2,26,29). The van der Waals surface area contributed by atoms with Gasteiger partial charge in [0.1, 0.15) is 18.2 Å². The van der Waals surface area contributed by atoms with Crippen LogP contribution in [-0.2, 0) is 27.8 Å². The number of aromatic nitrogens is 2. The molecule has 182 valence electrons. The maximum Gasteiger partial charge on any atom is 0.404 e. The molecule has 0 fully saturated rings. The summed E-state index contributed by atoms with van der Waals surface area (Å²) in [5.41, 5.74) is 12.6. The van der Waals surface area contributed by atoms with Crippen molar-refractivity contribution in [3.8, 4) is 5.75 Å². The largest absolute Gasteiger partial charge is 0.449 e. The van der Waals surface area contributed by atoms with E-state index < -0.39 is 16.2 Å². The smallest absolute Gasteiger partial charge is 0.404 e. The predicted molar refractivity (Wildman–Crippen MR) is 130 cm³/mol. The summed E-state index contributed by atoms with van der Waals surface area (Å²) in [4.78, 5) is 15.6. The second-order valence-electron chi connectivity index (χ2n) is 7.72. The lowest BCUT2D eigenvalue weighted by Gasteiger charge is -2.16. The lowest BCUT2D eigenvalue weighted by molar-refractivity contribution is 0.157. The first-order chi connectivity index (χ1) is 16.0. The van der Waals surface area contributed by atoms with Crippen LogP contribution in [-0.4, -0.2) is 30.7 Å². The zero-order valence-electron chi connectivity index (χ0n) is 18.5. The number of nitrogens with two attached hydrogens (primary N) is 2. The molecular formula is C22H24Cl2N4O5S. The van der Waals surface area contributed by atoms with E-state index in [9.17, 15) is 13.2 Å². The topological polar surface area (TPSA) is 140 Å². The third kappa shape index (κ3) is 6.13. The zero-order chi connectivity index (χ0) is 25.0. The van der Waals surface area contributed by atoms with Gasteiger partial charge in [0, 0.05) is 34.3 Å². The van der Waals surface area contributed by atoms with Gasteiger partial charge in [0.05, 0.1) is 12.2 Å². The normalized spacial score (nSPS) is 11.6. The number of amides is 1. The molecule has 0 saturated carbocycles. The summed E-state index contributed by atoms with van der Waals surface area (Å²) >= 11 is 12.0. The highest BCUT2D eigenvalue weighted by atomic mass is 35.5. The molecule has 1 aromatic heterocycles. The molecule has 4 N–H and O–H groups in total. The van der Waals surface area contributed by atoms with Crippen molar-refractivity contribution in [1.29, 1.82) is 0 Å². The van der Waals surface area contributed by atoms with Crippen molar-refractivity contribution in [3.63, 3.8) is 0 Å². The van der Waals surface area contributed by atoms with Crippen LogP contribution < -0.4 is 15.7 Å². The third-order valence-corrected chi connectivity index (χ3v) is 6.56. The Morgan fingerprint density at radius 2 is 1.79 bits per heavy atom. The van der Waals surface area contributed by atoms with Gasteiger partial charge in [-0.25, -0.2) is 9.78 Å². The molecule has 1 heterocycles. The van der Waals surface area contributed by atoms with Crippen molar-refractivity contribution in [3.05, 3.63) is 69.6 Å². The molecule has 1 amide bonds. The third-order valence-electron chi connectivity index (χ3n) is 4.80. The molecule has 0 bridgehead atoms. The summed E-state index contributed by atoms with van der Waals surface area (Å²) in [6.07, 6.45) is -0.822. The first-order valence-corrected chi connectivity index (χ1v) is 12.4. The van der Waals surface area contributed by atoms with Crippen LogP contribution in [0.1, 0.15) is 36.8 Å². The van der Waals surface area contributed by atoms with Crippen LogP contribution in [0.3, 0.4) is 0 Å². The molecule has 0 radical (unpaired) electrons. The minimum atomic E-state index is -4.40. The molecule has 0 saturated heterocycles. The SMILES string of the molecule is CC(C)c1nc(CCOC(N)=O)n(Cc2ccccc2N)c1S(=O)(=O)Oc1cc(Cl)cc(Cl)c1. The Hall–Kier alpha value is -2.95. The molecule has 2 aromatic carbocycles. The van der Waals surface area contributed by atoms with Gasteiger partial charge in [0.15, 0.2) is 5.03 Å². The highest BCUT2D eigenvalue weighted by molar-refractivity contribution is 7.87. The second-order valence-corrected chi connectivity index (χ2v) is 10.1. The molecule has 34 heavy (non-hydrogen) atoms. The molecule has 0 atom stereocenters. The van der Waals surface area contributed by atoms with Gasteiger partial charge in [0.25, 0.3) is 0 Å². The van der Waals surface area contributed by atoms with Gasteiger partial charge in [-0.05, 0) is 23.6 Å². The van der Waals surface area contributed by atoms with E-state index in [2.05, 4.69) is 4.98 Å². The molecular weight excluding hydrogens is 503 g/mol. The molecule has 0 aliphatic carbocycles. The Balaban J connectivity index is 2.14. The van der Waals surface area contributed by atoms with Crippen molar-refractivity contribution in [1.82, 2.24) is 9.55 Å². The molecule has 3 aromatic rings. The quantitative estimate of drug-likeness (QED) is 0.312. The van der Waals surface area contributed by atoms with Gasteiger partial charge in [-0.2, -0.15) is 8.42 Å². The average molecular weight is 527 g/mol. The monoisotopic (exact) mass is 526 g/mol. The van der Waals surface area contributed by atoms with Gasteiger partial charge in [-0.1, -0.05) is 55.2 Å². The number of nitrogens with zero attached hydrogens (tertiary/aromatic N) is 2. The van der Waals surface area contributed by atoms with E-state index >= 15 is 0 Å². The molecule has 0 unspecified atom stereocenters. The fourth-order valence-corrected chi connectivity index (χ4v) is 5.24. The second kappa shape index (κ2) is 10.5. The van der Waals surface area contributed by atoms with Crippen molar-refractivity contribution < 1.29 is 22.1 Å². The summed E-state index contributed by atoms with van der Waals surface area (Å²) in [6.45, 7) is 3.62. The minimum absolute atomic E-state index is 0.0437. The summed E-state index contributed by atoms with van der Waals surface area (Å²) in [5, 5.41) is 0.296. The fourth-order valence-electron chi connectivity index (χ4n) is 3.33. The van der Waals surface area contributed by atoms with Crippen LogP contribution in [0.4, 0.5) is 10.5 Å². The van der Waals surface area contributed by atoms with E-state index in [4.69, 9.17) is 43.6 Å². The molecule has 12 heteroatoms. The van der Waals surface area contributed by atoms with Crippen molar-refractivity contribution in [2.45, 2.75) is 37.8 Å². The summed E-state index contributed by atoms with van der Waals surface area (Å²) < 4.78 is 38.8. The molecule has 0 spiro atoms. The highest BCUT2D eigenvalue weighted by Crippen LogP contribution is 2.31. The van der Waals surface area contributed by atoms with Crippen LogP contribution in [0.15, 0.2) is 47.5 Å². The van der Waals surface area contributed by atoms with Crippen LogP contribution in [0.5, 0.6) is 5.75 Å². The predicted octanol–water partition coefficient (Wildman–Crippen LogP) is 4.35. The first-order valence-electron chi connectivity index (χ1n) is 10.2. The van der Waals surface area contributed by atoms with E-state index in [0.717, 1.165) is 0 Å². The van der Waals surface area contributed by atoms with Crippen LogP contribution in [0, 0.1) is 0 Å². The van der Waals surface area contributed by atoms with Crippen LogP contribution >= 0.6 is 23.2 Å². The number of hydrogen-bond donors (Lipinski definition) is 2. The van der Waals surface area contributed by atoms with Gasteiger partial charge in [-0.15, -0.1) is 0 Å². The summed E-state index contributed by atoms with van der Waals surface area (Å²) in [7, 11) is -4.40. The van der Waals surface area contributed by atoms with E-state index in [1.54, 1.807) is 24.3 Å². The number of halogens is 2. The zero-order valence-corrected chi connectivity index (χ0v) is 20.8. The fraction of sp³-hybridized carbons (Fsp3) is 0.273. The van der Waals surface area contributed by atoms with Crippen molar-refractivity contribution >= 4 is 45.1 Å². The Morgan fingerprint density at radius 1 is 1.15 bits per heavy atom. The number of anilines is 1. The molecule has 0 aliphatic heterocycles. The van der Waals surface area contributed by atoms with Crippen LogP contribution in [0.25, 0.3) is 0 Å². The van der Waals surface area contributed by atoms with Crippen molar-refractivity contribution in [2.75, 3.05) is 12.3 Å². The number of carbonyl (C=O) groups excluding carboxylic acids is 1. The Kier molecular flexibility index (Phi) is 7.96. The van der Waals surface area contributed by atoms with E-state index in [1.165, 1.54) is 22.8 Å². The van der Waals surface area contributed by atoms with Gasteiger partial charge < -0.3 is 25.0 Å². The Bertz CT molecular complexity index is 1290. The molecule has 3 rings (SSSR count). The lowest BCUT2D eigenvalue weighted by Crippen LogP contribution is -2.20. The number of benzene rings is 2. The number of nitrogen functional groups attached to an aromatic ring is 1. The average Bonchev–Trinajstić information content (AvgIpc) is 3.08. The number of para-hydroxylation sites is 1. The summed E-state index contributed by atoms with van der Waals surface area (Å²) in [5.74, 6) is 0.0406. The maximum absolute atomic E-state index is 13.5. The van der Waals surface area contributed by atoms with Crippen molar-refractivity contribution in [2.24, 2.45) is 5.73 Å². The maximum atomic E-state index is 13.5. The van der Waals surface area contributed by atoms with Gasteiger partial charge >= 0.3 is 16.2 Å². The van der Waals surface area contributed by atoms with Gasteiger partial charge in [-0.3, -0.25) is 0 Å². The number of hydrogen-bond acceptors (Lipinski definition) is 7. The lowest BCUT2D eigenvalue weighted by atomic mass is 10.1. The number of rotatable bonds is 9. The highest BCUT2D eigenvalue weighted by Gasteiger charge is 2.32. The molecule has 0 aliphatic rings. The van der Waals surface area contributed by atoms with E-state index in [0.29, 0.717) is 17.1 Å². The number of carbonyl (C=O) groups is 1. The summed E-state index contributed by atoms with van der Waals surface area (Å²) in [6, 6.07) is 11.2. The number of primary amides is 1. The van der Waals surface area contributed by atoms with Crippen LogP contribution in [0.2, 0.25) is 10.0 Å². The first kappa shape index (κ1) is 25.7. The number of imidazole rings is 1. The Morgan fingerprint density at radius 3 is 2.38 bits per heavy atom. The van der Waals surface area contributed by atoms with Gasteiger partial charge in [0.2, 0.25) is 0 Å². The number of ether oxygens (including phenoxy) is 1.